The van der Waals surface area contributed by atoms with Crippen LogP contribution in [0.5, 0.6) is 0 Å². The van der Waals surface area contributed by atoms with Crippen molar-refractivity contribution in [1.29, 1.82) is 0 Å². The van der Waals surface area contributed by atoms with Gasteiger partial charge in [-0.1, -0.05) is 72.8 Å². The molecule has 1 aromatic rings. The molecular weight excluding hydrogens is 344 g/mol. The predicted molar refractivity (Wildman–Crippen MR) is 119 cm³/mol. The lowest BCUT2D eigenvalue weighted by molar-refractivity contribution is 0.523. The molecule has 0 fully saturated rings. The first-order valence-corrected chi connectivity index (χ1v) is 11.3. The summed E-state index contributed by atoms with van der Waals surface area (Å²) in [6.45, 7) is 14.0. The Balaban J connectivity index is 2.15. The van der Waals surface area contributed by atoms with Gasteiger partial charge in [0.05, 0.1) is 0 Å². The van der Waals surface area contributed by atoms with Crippen molar-refractivity contribution in [1.82, 2.24) is 0 Å². The van der Waals surface area contributed by atoms with E-state index in [9.17, 15) is 0 Å². The van der Waals surface area contributed by atoms with Crippen molar-refractivity contribution in [2.75, 3.05) is 0 Å². The maximum atomic E-state index is 6.15. The summed E-state index contributed by atoms with van der Waals surface area (Å²) in [6, 6.07) is 0. The topological polar surface area (TPSA) is 63.1 Å². The molecule has 0 saturated heterocycles. The number of rotatable bonds is 13. The van der Waals surface area contributed by atoms with E-state index < -0.39 is 0 Å². The minimum Gasteiger partial charge on any atom is -0.326 e. The second-order valence-corrected chi connectivity index (χ2v) is 9.09. The zero-order valence-corrected chi connectivity index (χ0v) is 18.6. The molecule has 156 valence electrons. The molecule has 0 atom stereocenters. The average Bonchev–Trinajstić information content (AvgIpc) is 3.13. The highest BCUT2D eigenvalue weighted by Crippen LogP contribution is 2.27. The Morgan fingerprint density at radius 2 is 1.36 bits per heavy atom. The summed E-state index contributed by atoms with van der Waals surface area (Å²) in [5, 5.41) is 14.4. The van der Waals surface area contributed by atoms with Crippen LogP contribution in [0.2, 0.25) is 0 Å². The van der Waals surface area contributed by atoms with E-state index in [1.54, 1.807) is 0 Å². The van der Waals surface area contributed by atoms with Gasteiger partial charge in [-0.15, -0.1) is 10.2 Å². The maximum absolute atomic E-state index is 6.15. The molecule has 0 bridgehead atoms. The summed E-state index contributed by atoms with van der Waals surface area (Å²) in [7, 11) is 0. The van der Waals surface area contributed by atoms with Crippen LogP contribution in [0.4, 0.5) is 5.69 Å². The van der Waals surface area contributed by atoms with Crippen molar-refractivity contribution in [2.24, 2.45) is 33.0 Å². The Kier molecular flexibility index (Phi) is 9.30. The first-order valence-electron chi connectivity index (χ1n) is 11.3. The summed E-state index contributed by atoms with van der Waals surface area (Å²) < 4.78 is 0. The van der Waals surface area contributed by atoms with Crippen molar-refractivity contribution in [2.45, 2.75) is 98.4 Å². The van der Waals surface area contributed by atoms with Crippen LogP contribution in [0, 0.1) is 11.8 Å². The fourth-order valence-electron chi connectivity index (χ4n) is 4.14. The third-order valence-electron chi connectivity index (χ3n) is 5.80. The minimum atomic E-state index is 0.517. The molecule has 0 saturated carbocycles. The molecule has 0 amide bonds. The molecule has 28 heavy (non-hydrogen) atoms. The zero-order valence-electron chi connectivity index (χ0n) is 18.6. The molecular formula is C24H40N4. The molecule has 1 aliphatic rings. The Bertz CT molecular complexity index is 762. The first kappa shape index (κ1) is 22.7. The van der Waals surface area contributed by atoms with Gasteiger partial charge in [0.25, 0.3) is 0 Å². The Hall–Kier alpha value is -1.55. The van der Waals surface area contributed by atoms with Crippen LogP contribution < -0.4 is 16.3 Å². The summed E-state index contributed by atoms with van der Waals surface area (Å²) >= 11 is 0. The molecule has 4 heteroatoms. The van der Waals surface area contributed by atoms with E-state index in [2.05, 4.69) is 49.7 Å². The molecule has 0 unspecified atom stereocenters. The first-order chi connectivity index (χ1) is 13.5. The van der Waals surface area contributed by atoms with Crippen molar-refractivity contribution < 1.29 is 0 Å². The average molecular weight is 385 g/mol. The molecule has 1 heterocycles. The van der Waals surface area contributed by atoms with Crippen molar-refractivity contribution in [3.63, 3.8) is 0 Å². The van der Waals surface area contributed by atoms with Crippen LogP contribution in [0.1, 0.15) is 95.8 Å². The fraction of sp³-hybridized carbons (Fsp3) is 0.708. The lowest BCUT2D eigenvalue weighted by Crippen LogP contribution is -2.31. The lowest BCUT2D eigenvalue weighted by Gasteiger charge is -2.17. The van der Waals surface area contributed by atoms with Gasteiger partial charge in [-0.2, -0.15) is 0 Å². The van der Waals surface area contributed by atoms with Crippen LogP contribution in [0.3, 0.4) is 0 Å². The summed E-state index contributed by atoms with van der Waals surface area (Å²) in [5.41, 5.74) is 11.0. The highest BCUT2D eigenvalue weighted by atomic mass is 15.4. The van der Waals surface area contributed by atoms with E-state index in [0.29, 0.717) is 6.54 Å². The largest absolute Gasteiger partial charge is 0.326 e. The van der Waals surface area contributed by atoms with E-state index in [1.807, 2.05) is 0 Å². The van der Waals surface area contributed by atoms with Gasteiger partial charge in [-0.3, -0.25) is 0 Å². The van der Waals surface area contributed by atoms with E-state index in [-0.39, 0.29) is 0 Å². The van der Waals surface area contributed by atoms with Crippen LogP contribution in [0.25, 0.3) is 6.58 Å². The quantitative estimate of drug-likeness (QED) is 0.435. The SMILES string of the molecule is C=c1c(CN)c(CCCCCC(C)C)c(CCCCCC(C)C)c2c1=NN=N2. The van der Waals surface area contributed by atoms with Gasteiger partial charge in [-0.25, -0.2) is 0 Å². The number of hydrogen-bond acceptors (Lipinski definition) is 4. The van der Waals surface area contributed by atoms with Gasteiger partial charge in [0.15, 0.2) is 0 Å². The molecule has 2 rings (SSSR count). The number of unbranched alkanes of at least 4 members (excludes halogenated alkanes) is 4. The molecule has 0 spiro atoms. The van der Waals surface area contributed by atoms with Crippen LogP contribution in [0.15, 0.2) is 15.4 Å². The number of nitrogens with zero attached hydrogens (tertiary/aromatic N) is 3. The maximum Gasteiger partial charge on any atom is 0.122 e. The lowest BCUT2D eigenvalue weighted by atomic mass is 9.89. The van der Waals surface area contributed by atoms with E-state index in [0.717, 1.165) is 40.9 Å². The molecule has 0 radical (unpaired) electrons. The van der Waals surface area contributed by atoms with Crippen LogP contribution in [-0.4, -0.2) is 0 Å². The highest BCUT2D eigenvalue weighted by Gasteiger charge is 2.19. The predicted octanol–water partition coefficient (Wildman–Crippen LogP) is 5.71. The molecule has 4 nitrogen and oxygen atoms in total. The smallest absolute Gasteiger partial charge is 0.122 e. The normalized spacial score (nSPS) is 12.8. The summed E-state index contributed by atoms with van der Waals surface area (Å²) in [5.74, 6) is 1.57. The summed E-state index contributed by atoms with van der Waals surface area (Å²) in [4.78, 5) is 0. The number of hydrogen-bond donors (Lipinski definition) is 1. The third-order valence-corrected chi connectivity index (χ3v) is 5.80. The monoisotopic (exact) mass is 384 g/mol. The van der Waals surface area contributed by atoms with Crippen LogP contribution >= 0.6 is 0 Å². The van der Waals surface area contributed by atoms with Crippen LogP contribution in [-0.2, 0) is 19.4 Å². The minimum absolute atomic E-state index is 0.517. The summed E-state index contributed by atoms with van der Waals surface area (Å²) in [6.07, 6.45) is 12.3. The van der Waals surface area contributed by atoms with Crippen molar-refractivity contribution in [3.05, 3.63) is 27.3 Å². The zero-order chi connectivity index (χ0) is 20.5. The van der Waals surface area contributed by atoms with Gasteiger partial charge in [0, 0.05) is 11.8 Å². The molecule has 1 aromatic carbocycles. The molecule has 2 N–H and O–H groups in total. The number of benzene rings is 1. The van der Waals surface area contributed by atoms with Crippen molar-refractivity contribution in [3.8, 4) is 0 Å². The van der Waals surface area contributed by atoms with Gasteiger partial charge >= 0.3 is 0 Å². The van der Waals surface area contributed by atoms with E-state index in [4.69, 9.17) is 5.73 Å². The Morgan fingerprint density at radius 3 is 1.89 bits per heavy atom. The van der Waals surface area contributed by atoms with E-state index in [1.165, 1.54) is 68.1 Å². The number of fused-ring (bicyclic) bond motifs is 1. The van der Waals surface area contributed by atoms with Gasteiger partial charge in [-0.05, 0) is 59.4 Å². The molecule has 0 aromatic heterocycles. The van der Waals surface area contributed by atoms with Crippen molar-refractivity contribution >= 4 is 12.3 Å². The Labute approximate surface area is 171 Å². The fourth-order valence-corrected chi connectivity index (χ4v) is 4.14. The number of nitrogens with two attached hydrogens (primary N) is 1. The Morgan fingerprint density at radius 1 is 0.786 bits per heavy atom. The van der Waals surface area contributed by atoms with Gasteiger partial charge in [0.1, 0.15) is 11.0 Å². The molecule has 1 aliphatic heterocycles. The highest BCUT2D eigenvalue weighted by molar-refractivity contribution is 5.55. The van der Waals surface area contributed by atoms with Gasteiger partial charge in [0.2, 0.25) is 0 Å². The third kappa shape index (κ3) is 6.23. The standard InChI is InChI=1S/C24H40N4/c1-17(2)12-8-6-10-14-20-21(15-11-7-9-13-18(3)4)24-23(26-28-27-24)19(5)22(20)16-25/h17-18H,5-16,25H2,1-4H3. The van der Waals surface area contributed by atoms with E-state index >= 15 is 0 Å². The molecule has 0 aliphatic carbocycles. The second kappa shape index (κ2) is 11.5. The second-order valence-electron chi connectivity index (χ2n) is 9.09. The van der Waals surface area contributed by atoms with Gasteiger partial charge < -0.3 is 5.73 Å².